The van der Waals surface area contributed by atoms with Gasteiger partial charge in [0.15, 0.2) is 6.61 Å². The Morgan fingerprint density at radius 1 is 0.920 bits per heavy atom. The normalized spacial score (nSPS) is 15.4. The Hall–Kier alpha value is -2.62. The summed E-state index contributed by atoms with van der Waals surface area (Å²) in [7, 11) is 0. The van der Waals surface area contributed by atoms with Crippen LogP contribution in [0, 0.1) is 0 Å². The monoisotopic (exact) mass is 335 g/mol. The van der Waals surface area contributed by atoms with Gasteiger partial charge in [0.1, 0.15) is 0 Å². The molecule has 0 bridgehead atoms. The van der Waals surface area contributed by atoms with Gasteiger partial charge in [-0.3, -0.25) is 4.79 Å². The highest BCUT2D eigenvalue weighted by molar-refractivity contribution is 5.98. The maximum absolute atomic E-state index is 12.4. The molecule has 0 N–H and O–H groups in total. The quantitative estimate of drug-likeness (QED) is 0.809. The first kappa shape index (κ1) is 15.9. The molecule has 2 aliphatic rings. The lowest BCUT2D eigenvalue weighted by Gasteiger charge is -2.18. The number of carbonyl (C=O) groups excluding carboxylic acids is 2. The first-order valence-electron chi connectivity index (χ1n) is 8.89. The first-order chi connectivity index (χ1) is 12.2. The van der Waals surface area contributed by atoms with Crippen LogP contribution in [0.15, 0.2) is 42.5 Å². The van der Waals surface area contributed by atoms with Gasteiger partial charge in [0, 0.05) is 12.2 Å². The van der Waals surface area contributed by atoms with Crippen molar-refractivity contribution in [1.82, 2.24) is 0 Å². The van der Waals surface area contributed by atoms with Gasteiger partial charge in [0.25, 0.3) is 5.91 Å². The lowest BCUT2D eigenvalue weighted by Crippen LogP contribution is -2.33. The van der Waals surface area contributed by atoms with Crippen molar-refractivity contribution in [2.24, 2.45) is 0 Å². The number of hydrogen-bond acceptors (Lipinski definition) is 3. The van der Waals surface area contributed by atoms with Crippen LogP contribution in [0.5, 0.6) is 0 Å². The molecular weight excluding hydrogens is 314 g/mol. The van der Waals surface area contributed by atoms with Crippen molar-refractivity contribution in [2.75, 3.05) is 18.1 Å². The van der Waals surface area contributed by atoms with E-state index < -0.39 is 5.97 Å². The van der Waals surface area contributed by atoms with E-state index in [1.165, 1.54) is 24.0 Å². The second-order valence-electron chi connectivity index (χ2n) is 6.69. The van der Waals surface area contributed by atoms with E-state index in [2.05, 4.69) is 0 Å². The number of carbonyl (C=O) groups is 2. The Morgan fingerprint density at radius 2 is 1.72 bits per heavy atom. The predicted octanol–water partition coefficient (Wildman–Crippen LogP) is 3.31. The summed E-state index contributed by atoms with van der Waals surface area (Å²) in [6, 6.07) is 13.6. The lowest BCUT2D eigenvalue weighted by molar-refractivity contribution is -0.121. The fourth-order valence-electron chi connectivity index (χ4n) is 3.75. The number of para-hydroxylation sites is 1. The van der Waals surface area contributed by atoms with Crippen molar-refractivity contribution in [1.29, 1.82) is 0 Å². The van der Waals surface area contributed by atoms with E-state index in [-0.39, 0.29) is 12.5 Å². The minimum atomic E-state index is -0.422. The van der Waals surface area contributed by atoms with Gasteiger partial charge >= 0.3 is 5.97 Å². The molecule has 4 rings (SSSR count). The van der Waals surface area contributed by atoms with Crippen molar-refractivity contribution in [3.63, 3.8) is 0 Å². The van der Waals surface area contributed by atoms with Crippen LogP contribution < -0.4 is 4.90 Å². The molecule has 1 amide bonds. The number of ether oxygens (including phenoxy) is 1. The van der Waals surface area contributed by atoms with Crippen molar-refractivity contribution in [3.8, 4) is 0 Å². The predicted molar refractivity (Wildman–Crippen MR) is 95.9 cm³/mol. The number of rotatable bonds is 3. The second kappa shape index (κ2) is 6.71. The fourth-order valence-corrected chi connectivity index (χ4v) is 3.75. The van der Waals surface area contributed by atoms with Crippen LogP contribution in [0.25, 0.3) is 0 Å². The van der Waals surface area contributed by atoms with Crippen LogP contribution in [0.2, 0.25) is 0 Å². The Kier molecular flexibility index (Phi) is 4.26. The molecule has 0 spiro atoms. The average molecular weight is 335 g/mol. The molecule has 4 heteroatoms. The van der Waals surface area contributed by atoms with Gasteiger partial charge in [0.2, 0.25) is 0 Å². The smallest absolute Gasteiger partial charge is 0.338 e. The standard InChI is InChI=1S/C21H21NO3/c23-20(22-12-11-16-6-3-4-8-19(16)22)14-25-21(24)18-10-9-15-5-1-2-7-17(15)13-18/h3-4,6,8-10,13H,1-2,5,7,11-12,14H2. The highest BCUT2D eigenvalue weighted by Gasteiger charge is 2.25. The number of hydrogen-bond donors (Lipinski definition) is 0. The summed E-state index contributed by atoms with van der Waals surface area (Å²) in [4.78, 5) is 26.4. The summed E-state index contributed by atoms with van der Waals surface area (Å²) in [5.41, 5.74) is 5.19. The number of amides is 1. The third-order valence-electron chi connectivity index (χ3n) is 5.10. The van der Waals surface area contributed by atoms with Gasteiger partial charge in [-0.2, -0.15) is 0 Å². The number of fused-ring (bicyclic) bond motifs is 2. The van der Waals surface area contributed by atoms with Crippen LogP contribution in [0.3, 0.4) is 0 Å². The van der Waals surface area contributed by atoms with Gasteiger partial charge in [-0.05, 0) is 67.0 Å². The molecule has 0 aromatic heterocycles. The molecule has 0 radical (unpaired) electrons. The maximum atomic E-state index is 12.4. The highest BCUT2D eigenvalue weighted by atomic mass is 16.5. The number of benzene rings is 2. The molecule has 1 aliphatic heterocycles. The van der Waals surface area contributed by atoms with Crippen molar-refractivity contribution in [3.05, 3.63) is 64.7 Å². The molecule has 0 saturated heterocycles. The van der Waals surface area contributed by atoms with Gasteiger partial charge in [-0.1, -0.05) is 24.3 Å². The Balaban J connectivity index is 1.40. The van der Waals surface area contributed by atoms with E-state index in [0.29, 0.717) is 12.1 Å². The average Bonchev–Trinajstić information content (AvgIpc) is 3.09. The molecule has 2 aromatic rings. The number of anilines is 1. The van der Waals surface area contributed by atoms with Gasteiger partial charge in [0.05, 0.1) is 5.56 Å². The SMILES string of the molecule is O=C(OCC(=O)N1CCc2ccccc21)c1ccc2c(c1)CCCC2. The van der Waals surface area contributed by atoms with Crippen molar-refractivity contribution < 1.29 is 14.3 Å². The van der Waals surface area contributed by atoms with Crippen molar-refractivity contribution >= 4 is 17.6 Å². The van der Waals surface area contributed by atoms with E-state index in [4.69, 9.17) is 4.74 Å². The van der Waals surface area contributed by atoms with Gasteiger partial charge in [-0.25, -0.2) is 4.79 Å². The summed E-state index contributed by atoms with van der Waals surface area (Å²) in [5.74, 6) is -0.592. The number of nitrogens with zero attached hydrogens (tertiary/aromatic N) is 1. The highest BCUT2D eigenvalue weighted by Crippen LogP contribution is 2.27. The van der Waals surface area contributed by atoms with E-state index >= 15 is 0 Å². The summed E-state index contributed by atoms with van der Waals surface area (Å²) < 4.78 is 5.28. The molecule has 0 saturated carbocycles. The third-order valence-corrected chi connectivity index (χ3v) is 5.10. The van der Waals surface area contributed by atoms with E-state index in [1.807, 2.05) is 42.5 Å². The van der Waals surface area contributed by atoms with E-state index in [1.54, 1.807) is 4.90 Å². The van der Waals surface area contributed by atoms with Crippen LogP contribution in [-0.4, -0.2) is 25.0 Å². The van der Waals surface area contributed by atoms with E-state index in [9.17, 15) is 9.59 Å². The molecule has 2 aromatic carbocycles. The molecule has 0 unspecified atom stereocenters. The summed E-state index contributed by atoms with van der Waals surface area (Å²) in [5, 5.41) is 0. The minimum Gasteiger partial charge on any atom is -0.452 e. The van der Waals surface area contributed by atoms with Crippen LogP contribution in [0.4, 0.5) is 5.69 Å². The molecule has 0 fully saturated rings. The third kappa shape index (κ3) is 3.16. The molecule has 4 nitrogen and oxygen atoms in total. The van der Waals surface area contributed by atoms with Crippen molar-refractivity contribution in [2.45, 2.75) is 32.1 Å². The van der Waals surface area contributed by atoms with E-state index in [0.717, 1.165) is 30.5 Å². The molecular formula is C21H21NO3. The summed E-state index contributed by atoms with van der Waals surface area (Å²) in [6.45, 7) is 0.429. The largest absolute Gasteiger partial charge is 0.452 e. The molecule has 0 atom stereocenters. The fraction of sp³-hybridized carbons (Fsp3) is 0.333. The first-order valence-corrected chi connectivity index (χ1v) is 8.89. The Bertz CT molecular complexity index is 828. The second-order valence-corrected chi connectivity index (χ2v) is 6.69. The maximum Gasteiger partial charge on any atom is 0.338 e. The zero-order valence-corrected chi connectivity index (χ0v) is 14.2. The topological polar surface area (TPSA) is 46.6 Å². The van der Waals surface area contributed by atoms with Crippen LogP contribution in [-0.2, 0) is 28.8 Å². The minimum absolute atomic E-state index is 0.170. The van der Waals surface area contributed by atoms with Crippen LogP contribution in [0.1, 0.15) is 39.9 Å². The zero-order chi connectivity index (χ0) is 17.2. The molecule has 128 valence electrons. The van der Waals surface area contributed by atoms with Crippen LogP contribution >= 0.6 is 0 Å². The van der Waals surface area contributed by atoms with Gasteiger partial charge in [-0.15, -0.1) is 0 Å². The van der Waals surface area contributed by atoms with Gasteiger partial charge < -0.3 is 9.64 Å². The Labute approximate surface area is 147 Å². The molecule has 25 heavy (non-hydrogen) atoms. The number of esters is 1. The summed E-state index contributed by atoms with van der Waals surface area (Å²) in [6.07, 6.45) is 5.32. The lowest BCUT2D eigenvalue weighted by atomic mass is 9.90. The Morgan fingerprint density at radius 3 is 2.60 bits per heavy atom. The molecule has 1 aliphatic carbocycles. The number of aryl methyl sites for hydroxylation is 2. The zero-order valence-electron chi connectivity index (χ0n) is 14.2. The summed E-state index contributed by atoms with van der Waals surface area (Å²) >= 11 is 0. The molecule has 1 heterocycles.